The average Bonchev–Trinajstić information content (AvgIpc) is 2.48. The maximum Gasteiger partial charge on any atom is -0.00258 e. The summed E-state index contributed by atoms with van der Waals surface area (Å²) >= 11 is 0. The SMILES string of the molecule is C=C(C)/C=C\C(=C)c1ccc(Cc2ccc(C)cc2)cc1. The summed E-state index contributed by atoms with van der Waals surface area (Å²) in [5.41, 5.74) is 7.16. The van der Waals surface area contributed by atoms with Gasteiger partial charge < -0.3 is 0 Å². The van der Waals surface area contributed by atoms with Gasteiger partial charge in [-0.25, -0.2) is 0 Å². The van der Waals surface area contributed by atoms with Crippen LogP contribution in [0.15, 0.2) is 79.4 Å². The van der Waals surface area contributed by atoms with Gasteiger partial charge in [0.15, 0.2) is 0 Å². The zero-order chi connectivity index (χ0) is 15.2. The predicted molar refractivity (Wildman–Crippen MR) is 93.4 cm³/mol. The summed E-state index contributed by atoms with van der Waals surface area (Å²) in [6.45, 7) is 12.0. The van der Waals surface area contributed by atoms with Gasteiger partial charge in [0.25, 0.3) is 0 Å². The van der Waals surface area contributed by atoms with Gasteiger partial charge in [0.05, 0.1) is 0 Å². The van der Waals surface area contributed by atoms with E-state index in [2.05, 4.69) is 68.6 Å². The van der Waals surface area contributed by atoms with Crippen molar-refractivity contribution >= 4 is 5.57 Å². The average molecular weight is 274 g/mol. The molecular weight excluding hydrogens is 252 g/mol. The van der Waals surface area contributed by atoms with Crippen LogP contribution in [-0.2, 0) is 6.42 Å². The Morgan fingerprint density at radius 1 is 0.857 bits per heavy atom. The molecule has 0 atom stereocenters. The summed E-state index contributed by atoms with van der Waals surface area (Å²) in [6, 6.07) is 17.3. The van der Waals surface area contributed by atoms with Crippen LogP contribution in [0.5, 0.6) is 0 Å². The molecule has 0 aliphatic heterocycles. The summed E-state index contributed by atoms with van der Waals surface area (Å²) in [5, 5.41) is 0. The molecule has 2 rings (SSSR count). The number of hydrogen-bond donors (Lipinski definition) is 0. The van der Waals surface area contributed by atoms with Crippen LogP contribution < -0.4 is 0 Å². The molecule has 0 bridgehead atoms. The number of aryl methyl sites for hydroxylation is 1. The number of allylic oxidation sites excluding steroid dienone is 4. The highest BCUT2D eigenvalue weighted by atomic mass is 14.0. The van der Waals surface area contributed by atoms with E-state index in [1.807, 2.05) is 19.1 Å². The van der Waals surface area contributed by atoms with Crippen molar-refractivity contribution in [2.45, 2.75) is 20.3 Å². The number of benzene rings is 2. The summed E-state index contributed by atoms with van der Waals surface area (Å²) < 4.78 is 0. The van der Waals surface area contributed by atoms with E-state index in [9.17, 15) is 0 Å². The fourth-order valence-corrected chi connectivity index (χ4v) is 2.12. The van der Waals surface area contributed by atoms with Crippen LogP contribution >= 0.6 is 0 Å². The second-order valence-corrected chi connectivity index (χ2v) is 5.56. The van der Waals surface area contributed by atoms with Crippen molar-refractivity contribution in [3.8, 4) is 0 Å². The van der Waals surface area contributed by atoms with Crippen molar-refractivity contribution < 1.29 is 0 Å². The molecule has 0 amide bonds. The van der Waals surface area contributed by atoms with E-state index in [1.54, 1.807) is 0 Å². The van der Waals surface area contributed by atoms with E-state index in [4.69, 9.17) is 0 Å². The summed E-state index contributed by atoms with van der Waals surface area (Å²) in [4.78, 5) is 0. The van der Waals surface area contributed by atoms with Gasteiger partial charge >= 0.3 is 0 Å². The maximum absolute atomic E-state index is 4.09. The standard InChI is InChI=1S/C21H22/c1-16(2)5-8-18(4)21-13-11-20(12-14-21)15-19-9-6-17(3)7-10-19/h5-14H,1,4,15H2,2-3H3/b8-5-. The summed E-state index contributed by atoms with van der Waals surface area (Å²) in [7, 11) is 0. The molecule has 0 aliphatic carbocycles. The Bertz CT molecular complexity index is 652. The molecule has 0 radical (unpaired) electrons. The quantitative estimate of drug-likeness (QED) is 0.611. The summed E-state index contributed by atoms with van der Waals surface area (Å²) in [5.74, 6) is 0. The molecule has 2 aromatic carbocycles. The third-order valence-electron chi connectivity index (χ3n) is 3.42. The minimum absolute atomic E-state index is 0.967. The zero-order valence-corrected chi connectivity index (χ0v) is 12.9. The van der Waals surface area contributed by atoms with Crippen molar-refractivity contribution in [3.05, 3.63) is 102 Å². The Hall–Kier alpha value is -2.34. The van der Waals surface area contributed by atoms with Gasteiger partial charge in [-0.3, -0.25) is 0 Å². The van der Waals surface area contributed by atoms with E-state index in [-0.39, 0.29) is 0 Å². The Kier molecular flexibility index (Phi) is 4.94. The number of rotatable bonds is 5. The van der Waals surface area contributed by atoms with Crippen LogP contribution in [0.4, 0.5) is 0 Å². The van der Waals surface area contributed by atoms with Gasteiger partial charge in [0, 0.05) is 0 Å². The predicted octanol–water partition coefficient (Wildman–Crippen LogP) is 5.73. The first-order valence-corrected chi connectivity index (χ1v) is 7.22. The fourth-order valence-electron chi connectivity index (χ4n) is 2.12. The first kappa shape index (κ1) is 15.1. The lowest BCUT2D eigenvalue weighted by Gasteiger charge is -2.05. The first-order chi connectivity index (χ1) is 10.0. The Labute approximate surface area is 128 Å². The van der Waals surface area contributed by atoms with Crippen LogP contribution in [0.1, 0.15) is 29.2 Å². The van der Waals surface area contributed by atoms with E-state index >= 15 is 0 Å². The molecular formula is C21H22. The molecule has 0 aromatic heterocycles. The lowest BCUT2D eigenvalue weighted by molar-refractivity contribution is 1.18. The van der Waals surface area contributed by atoms with Crippen molar-refractivity contribution in [3.63, 3.8) is 0 Å². The Morgan fingerprint density at radius 2 is 1.38 bits per heavy atom. The molecule has 0 fully saturated rings. The normalized spacial score (nSPS) is 10.8. The van der Waals surface area contributed by atoms with Gasteiger partial charge in [-0.1, -0.05) is 85.0 Å². The minimum Gasteiger partial charge on any atom is -0.0961 e. The topological polar surface area (TPSA) is 0 Å². The maximum atomic E-state index is 4.09. The van der Waals surface area contributed by atoms with Gasteiger partial charge in [0.2, 0.25) is 0 Å². The molecule has 0 nitrogen and oxygen atoms in total. The highest BCUT2D eigenvalue weighted by Crippen LogP contribution is 2.17. The second kappa shape index (κ2) is 6.90. The largest absolute Gasteiger partial charge is 0.0961 e. The van der Waals surface area contributed by atoms with Gasteiger partial charge in [0.1, 0.15) is 0 Å². The first-order valence-electron chi connectivity index (χ1n) is 7.22. The third kappa shape index (κ3) is 4.61. The van der Waals surface area contributed by atoms with E-state index in [0.29, 0.717) is 0 Å². The third-order valence-corrected chi connectivity index (χ3v) is 3.42. The summed E-state index contributed by atoms with van der Waals surface area (Å²) in [6.07, 6.45) is 4.97. The van der Waals surface area contributed by atoms with Gasteiger partial charge in [-0.15, -0.1) is 0 Å². The molecule has 2 aromatic rings. The highest BCUT2D eigenvalue weighted by molar-refractivity contribution is 5.72. The van der Waals surface area contributed by atoms with Crippen LogP contribution in [0.3, 0.4) is 0 Å². The second-order valence-electron chi connectivity index (χ2n) is 5.56. The molecule has 0 N–H and O–H groups in total. The van der Waals surface area contributed by atoms with Crippen molar-refractivity contribution in [2.24, 2.45) is 0 Å². The van der Waals surface area contributed by atoms with Gasteiger partial charge in [-0.2, -0.15) is 0 Å². The molecule has 0 saturated heterocycles. The number of hydrogen-bond acceptors (Lipinski definition) is 0. The van der Waals surface area contributed by atoms with Crippen molar-refractivity contribution in [2.75, 3.05) is 0 Å². The Balaban J connectivity index is 2.06. The van der Waals surface area contributed by atoms with Crippen molar-refractivity contribution in [1.82, 2.24) is 0 Å². The van der Waals surface area contributed by atoms with Crippen LogP contribution in [0.2, 0.25) is 0 Å². The Morgan fingerprint density at radius 3 is 1.90 bits per heavy atom. The molecule has 0 unspecified atom stereocenters. The van der Waals surface area contributed by atoms with Crippen LogP contribution in [0.25, 0.3) is 5.57 Å². The molecule has 0 heteroatoms. The molecule has 106 valence electrons. The molecule has 0 spiro atoms. The van der Waals surface area contributed by atoms with Crippen LogP contribution in [-0.4, -0.2) is 0 Å². The molecule has 0 heterocycles. The van der Waals surface area contributed by atoms with E-state index < -0.39 is 0 Å². The molecule has 0 saturated carbocycles. The van der Waals surface area contributed by atoms with Crippen LogP contribution in [0, 0.1) is 6.92 Å². The fraction of sp³-hybridized carbons (Fsp3) is 0.143. The van der Waals surface area contributed by atoms with E-state index in [0.717, 1.165) is 23.1 Å². The minimum atomic E-state index is 0.967. The van der Waals surface area contributed by atoms with Crippen molar-refractivity contribution in [1.29, 1.82) is 0 Å². The smallest absolute Gasteiger partial charge is 0.00258 e. The lowest BCUT2D eigenvalue weighted by atomic mass is 10.00. The molecule has 0 aliphatic rings. The lowest BCUT2D eigenvalue weighted by Crippen LogP contribution is -1.89. The monoisotopic (exact) mass is 274 g/mol. The van der Waals surface area contributed by atoms with Gasteiger partial charge in [-0.05, 0) is 42.5 Å². The zero-order valence-electron chi connectivity index (χ0n) is 12.9. The van der Waals surface area contributed by atoms with E-state index in [1.165, 1.54) is 16.7 Å². The molecule has 21 heavy (non-hydrogen) atoms. The highest BCUT2D eigenvalue weighted by Gasteiger charge is 1.99.